The number of alkyl carbamates (subject to hydrolysis) is 1. The number of carbonyl (C=O) groups is 3. The average Bonchev–Trinajstić information content (AvgIpc) is 2.76. The molecule has 0 spiro atoms. The van der Waals surface area contributed by atoms with Crippen LogP contribution in [0.3, 0.4) is 0 Å². The minimum Gasteiger partial charge on any atom is -0.469 e. The summed E-state index contributed by atoms with van der Waals surface area (Å²) < 4.78 is 9.87. The molecule has 0 aromatic heterocycles. The summed E-state index contributed by atoms with van der Waals surface area (Å²) in [7, 11) is 1.33. The molecule has 7 nitrogen and oxygen atoms in total. The van der Waals surface area contributed by atoms with Crippen molar-refractivity contribution in [1.29, 1.82) is 0 Å². The second-order valence-electron chi connectivity index (χ2n) is 6.56. The van der Waals surface area contributed by atoms with Crippen LogP contribution in [0.25, 0.3) is 0 Å². The second-order valence-corrected chi connectivity index (χ2v) is 6.56. The standard InChI is InChI=1S/C22H26N2O5/c1-16(24-22(27)29-15-17-9-5-3-6-10-17)21(26)23-14-19(13-20(25)28-2)18-11-7-4-8-12-18/h3-12,16,19H,13-15H2,1-2H3,(H,23,26)(H,24,27)/t16-,19-/m0/s1. The first-order valence-electron chi connectivity index (χ1n) is 9.36. The fourth-order valence-corrected chi connectivity index (χ4v) is 2.70. The van der Waals surface area contributed by atoms with Gasteiger partial charge in [-0.15, -0.1) is 0 Å². The SMILES string of the molecule is COC(=O)C[C@@H](CNC(=O)[C@H](C)NC(=O)OCc1ccccc1)c1ccccc1. The molecule has 2 amide bonds. The van der Waals surface area contributed by atoms with Gasteiger partial charge in [0.05, 0.1) is 13.5 Å². The van der Waals surface area contributed by atoms with Gasteiger partial charge in [0.2, 0.25) is 5.91 Å². The van der Waals surface area contributed by atoms with Crippen molar-refractivity contribution in [2.45, 2.75) is 31.9 Å². The molecular weight excluding hydrogens is 372 g/mol. The minimum absolute atomic E-state index is 0.121. The second kappa shape index (κ2) is 11.5. The highest BCUT2D eigenvalue weighted by Crippen LogP contribution is 2.19. The molecule has 0 bridgehead atoms. The number of ether oxygens (including phenoxy) is 2. The van der Waals surface area contributed by atoms with Gasteiger partial charge in [-0.05, 0) is 18.1 Å². The Morgan fingerprint density at radius 3 is 2.21 bits per heavy atom. The number of hydrogen-bond donors (Lipinski definition) is 2. The van der Waals surface area contributed by atoms with Crippen molar-refractivity contribution in [2.24, 2.45) is 0 Å². The third-order valence-electron chi connectivity index (χ3n) is 4.37. The summed E-state index contributed by atoms with van der Waals surface area (Å²) in [4.78, 5) is 35.9. The molecular formula is C22H26N2O5. The Labute approximate surface area is 170 Å². The first-order valence-corrected chi connectivity index (χ1v) is 9.36. The monoisotopic (exact) mass is 398 g/mol. The van der Waals surface area contributed by atoms with E-state index in [4.69, 9.17) is 9.47 Å². The van der Waals surface area contributed by atoms with Crippen molar-refractivity contribution in [1.82, 2.24) is 10.6 Å². The van der Waals surface area contributed by atoms with Crippen LogP contribution >= 0.6 is 0 Å². The summed E-state index contributed by atoms with van der Waals surface area (Å²) in [6.45, 7) is 1.93. The Morgan fingerprint density at radius 1 is 0.966 bits per heavy atom. The lowest BCUT2D eigenvalue weighted by Gasteiger charge is -2.19. The van der Waals surface area contributed by atoms with Crippen molar-refractivity contribution in [2.75, 3.05) is 13.7 Å². The highest BCUT2D eigenvalue weighted by molar-refractivity contribution is 5.85. The first-order chi connectivity index (χ1) is 14.0. The van der Waals surface area contributed by atoms with Crippen LogP contribution in [0.1, 0.15) is 30.4 Å². The van der Waals surface area contributed by atoms with Crippen LogP contribution in [0, 0.1) is 0 Å². The van der Waals surface area contributed by atoms with Gasteiger partial charge in [0.15, 0.2) is 0 Å². The molecule has 2 N–H and O–H groups in total. The van der Waals surface area contributed by atoms with Gasteiger partial charge in [-0.25, -0.2) is 4.79 Å². The highest BCUT2D eigenvalue weighted by atomic mass is 16.5. The lowest BCUT2D eigenvalue weighted by atomic mass is 9.95. The Hall–Kier alpha value is -3.35. The quantitative estimate of drug-likeness (QED) is 0.634. The van der Waals surface area contributed by atoms with E-state index in [1.54, 1.807) is 6.92 Å². The normalized spacial score (nSPS) is 12.3. The fourth-order valence-electron chi connectivity index (χ4n) is 2.70. The zero-order valence-electron chi connectivity index (χ0n) is 16.6. The van der Waals surface area contributed by atoms with E-state index < -0.39 is 12.1 Å². The van der Waals surface area contributed by atoms with Gasteiger partial charge in [0.25, 0.3) is 0 Å². The predicted octanol–water partition coefficient (Wildman–Crippen LogP) is 2.76. The van der Waals surface area contributed by atoms with Crippen LogP contribution in [-0.4, -0.2) is 37.7 Å². The maximum atomic E-state index is 12.3. The summed E-state index contributed by atoms with van der Waals surface area (Å²) >= 11 is 0. The van der Waals surface area contributed by atoms with Gasteiger partial charge in [-0.1, -0.05) is 60.7 Å². The van der Waals surface area contributed by atoms with Crippen LogP contribution in [0.15, 0.2) is 60.7 Å². The summed E-state index contributed by atoms with van der Waals surface area (Å²) in [5.74, 6) is -0.957. The first kappa shape index (κ1) is 21.9. The largest absolute Gasteiger partial charge is 0.469 e. The topological polar surface area (TPSA) is 93.7 Å². The number of amides is 2. The number of benzene rings is 2. The van der Waals surface area contributed by atoms with Gasteiger partial charge < -0.3 is 20.1 Å². The molecule has 154 valence electrons. The molecule has 0 radical (unpaired) electrons. The number of nitrogens with one attached hydrogen (secondary N) is 2. The lowest BCUT2D eigenvalue weighted by Crippen LogP contribution is -2.46. The van der Waals surface area contributed by atoms with Crippen LogP contribution < -0.4 is 10.6 Å². The molecule has 2 aromatic carbocycles. The molecule has 0 aliphatic heterocycles. The molecule has 2 aromatic rings. The molecule has 0 heterocycles. The number of esters is 1. The molecule has 2 atom stereocenters. The van der Waals surface area contributed by atoms with E-state index in [-0.39, 0.29) is 37.4 Å². The van der Waals surface area contributed by atoms with Crippen LogP contribution in [0.2, 0.25) is 0 Å². The summed E-state index contributed by atoms with van der Waals surface area (Å²) in [5.41, 5.74) is 1.77. The van der Waals surface area contributed by atoms with E-state index in [2.05, 4.69) is 10.6 Å². The van der Waals surface area contributed by atoms with E-state index in [1.807, 2.05) is 60.7 Å². The third kappa shape index (κ3) is 7.65. The predicted molar refractivity (Wildman–Crippen MR) is 108 cm³/mol. The molecule has 0 saturated heterocycles. The van der Waals surface area contributed by atoms with E-state index >= 15 is 0 Å². The maximum Gasteiger partial charge on any atom is 0.408 e. The van der Waals surface area contributed by atoms with Crippen molar-refractivity contribution in [3.63, 3.8) is 0 Å². The van der Waals surface area contributed by atoms with E-state index in [1.165, 1.54) is 7.11 Å². The number of methoxy groups -OCH3 is 1. The van der Waals surface area contributed by atoms with Gasteiger partial charge >= 0.3 is 12.1 Å². The molecule has 0 unspecified atom stereocenters. The van der Waals surface area contributed by atoms with Crippen molar-refractivity contribution >= 4 is 18.0 Å². The number of hydrogen-bond acceptors (Lipinski definition) is 5. The summed E-state index contributed by atoms with van der Waals surface area (Å²) in [6, 6.07) is 17.9. The number of rotatable bonds is 9. The molecule has 0 aliphatic carbocycles. The Morgan fingerprint density at radius 2 is 1.59 bits per heavy atom. The Bertz CT molecular complexity index is 795. The average molecular weight is 398 g/mol. The van der Waals surface area contributed by atoms with Crippen LogP contribution in [0.4, 0.5) is 4.79 Å². The van der Waals surface area contributed by atoms with Crippen LogP contribution in [0.5, 0.6) is 0 Å². The minimum atomic E-state index is -0.784. The molecule has 0 saturated carbocycles. The maximum absolute atomic E-state index is 12.3. The van der Waals surface area contributed by atoms with E-state index in [0.717, 1.165) is 11.1 Å². The fraction of sp³-hybridized carbons (Fsp3) is 0.318. The van der Waals surface area contributed by atoms with Gasteiger partial charge in [-0.3, -0.25) is 9.59 Å². The van der Waals surface area contributed by atoms with E-state index in [0.29, 0.717) is 0 Å². The smallest absolute Gasteiger partial charge is 0.408 e. The van der Waals surface area contributed by atoms with Crippen LogP contribution in [-0.2, 0) is 25.7 Å². The van der Waals surface area contributed by atoms with Crippen molar-refractivity contribution in [3.8, 4) is 0 Å². The molecule has 2 rings (SSSR count). The van der Waals surface area contributed by atoms with Gasteiger partial charge in [0, 0.05) is 12.5 Å². The lowest BCUT2D eigenvalue weighted by molar-refractivity contribution is -0.141. The van der Waals surface area contributed by atoms with Crippen molar-refractivity contribution < 1.29 is 23.9 Å². The van der Waals surface area contributed by atoms with E-state index in [9.17, 15) is 14.4 Å². The zero-order valence-corrected chi connectivity index (χ0v) is 16.6. The third-order valence-corrected chi connectivity index (χ3v) is 4.37. The van der Waals surface area contributed by atoms with Gasteiger partial charge in [-0.2, -0.15) is 0 Å². The molecule has 0 aliphatic rings. The van der Waals surface area contributed by atoms with Gasteiger partial charge in [0.1, 0.15) is 12.6 Å². The summed E-state index contributed by atoms with van der Waals surface area (Å²) in [5, 5.41) is 5.27. The zero-order chi connectivity index (χ0) is 21.1. The number of carbonyl (C=O) groups excluding carboxylic acids is 3. The van der Waals surface area contributed by atoms with Crippen molar-refractivity contribution in [3.05, 3.63) is 71.8 Å². The Kier molecular flexibility index (Phi) is 8.69. The highest BCUT2D eigenvalue weighted by Gasteiger charge is 2.21. The Balaban J connectivity index is 1.83. The summed E-state index contributed by atoms with van der Waals surface area (Å²) in [6.07, 6.45) is -0.535. The molecule has 7 heteroatoms. The molecule has 29 heavy (non-hydrogen) atoms. The molecule has 0 fully saturated rings.